The van der Waals surface area contributed by atoms with Gasteiger partial charge in [-0.05, 0) is 43.6 Å². The second-order valence-electron chi connectivity index (χ2n) is 4.44. The van der Waals surface area contributed by atoms with Crippen molar-refractivity contribution in [1.29, 1.82) is 0 Å². The van der Waals surface area contributed by atoms with E-state index in [4.69, 9.17) is 0 Å². The Kier molecular flexibility index (Phi) is 3.92. The lowest BCUT2D eigenvalue weighted by Gasteiger charge is -2.09. The number of nitrogens with zero attached hydrogens (tertiary/aromatic N) is 1. The van der Waals surface area contributed by atoms with Gasteiger partial charge in [0, 0.05) is 17.3 Å². The van der Waals surface area contributed by atoms with Gasteiger partial charge >= 0.3 is 0 Å². The van der Waals surface area contributed by atoms with Crippen LogP contribution in [-0.2, 0) is 6.42 Å². The number of hydrogen-bond acceptors (Lipinski definition) is 1. The Morgan fingerprint density at radius 1 is 1.24 bits per heavy atom. The number of allylic oxidation sites excluding steroid dienone is 1. The first-order chi connectivity index (χ1) is 8.33. The predicted molar refractivity (Wildman–Crippen MR) is 74.2 cm³/mol. The van der Waals surface area contributed by atoms with Crippen molar-refractivity contribution >= 4 is 10.8 Å². The zero-order valence-electron chi connectivity index (χ0n) is 10.4. The summed E-state index contributed by atoms with van der Waals surface area (Å²) in [5, 5.41) is 2.61. The number of rotatable bonds is 5. The van der Waals surface area contributed by atoms with Crippen molar-refractivity contribution in [3.05, 3.63) is 54.4 Å². The molecular weight excluding hydrogens is 206 g/mol. The molecule has 1 nitrogen and oxygen atoms in total. The molecule has 0 fully saturated rings. The quantitative estimate of drug-likeness (QED) is 0.541. The van der Waals surface area contributed by atoms with E-state index in [1.165, 1.54) is 34.9 Å². The second kappa shape index (κ2) is 5.62. The molecule has 0 amide bonds. The van der Waals surface area contributed by atoms with Gasteiger partial charge in [-0.3, -0.25) is 4.98 Å². The van der Waals surface area contributed by atoms with Gasteiger partial charge in [-0.1, -0.05) is 30.3 Å². The summed E-state index contributed by atoms with van der Waals surface area (Å²) in [6, 6.07) is 8.51. The van der Waals surface area contributed by atoms with Crippen LogP contribution >= 0.6 is 0 Å². The number of benzene rings is 1. The zero-order valence-corrected chi connectivity index (χ0v) is 10.4. The maximum Gasteiger partial charge on any atom is 0.0411 e. The Balaban J connectivity index is 2.25. The van der Waals surface area contributed by atoms with Gasteiger partial charge in [0.25, 0.3) is 0 Å². The Hall–Kier alpha value is -1.63. The van der Waals surface area contributed by atoms with Gasteiger partial charge in [-0.25, -0.2) is 0 Å². The van der Waals surface area contributed by atoms with Crippen LogP contribution in [0.2, 0.25) is 0 Å². The molecule has 0 aliphatic heterocycles. The average Bonchev–Trinajstić information content (AvgIpc) is 2.37. The molecule has 0 spiro atoms. The smallest absolute Gasteiger partial charge is 0.0411 e. The standard InChI is InChI=1S/C16H19N/c1-3-4-5-6-10-15-13(2)17-12-14-9-7-8-11-16(14)15/h3,7-9,11-12H,1,4-6,10H2,2H3. The van der Waals surface area contributed by atoms with Gasteiger partial charge in [-0.2, -0.15) is 0 Å². The molecule has 1 heterocycles. The lowest BCUT2D eigenvalue weighted by atomic mass is 9.99. The Bertz CT molecular complexity index is 514. The highest BCUT2D eigenvalue weighted by atomic mass is 14.7. The lowest BCUT2D eigenvalue weighted by molar-refractivity contribution is 0.746. The first kappa shape index (κ1) is 11.8. The summed E-state index contributed by atoms with van der Waals surface area (Å²) in [7, 11) is 0. The number of unbranched alkanes of at least 4 members (excludes halogenated alkanes) is 2. The Morgan fingerprint density at radius 3 is 2.88 bits per heavy atom. The highest BCUT2D eigenvalue weighted by molar-refractivity contribution is 5.85. The van der Waals surface area contributed by atoms with E-state index in [2.05, 4.69) is 42.8 Å². The van der Waals surface area contributed by atoms with Crippen molar-refractivity contribution in [1.82, 2.24) is 4.98 Å². The first-order valence-electron chi connectivity index (χ1n) is 6.27. The Morgan fingerprint density at radius 2 is 2.06 bits per heavy atom. The Labute approximate surface area is 103 Å². The fraction of sp³-hybridized carbons (Fsp3) is 0.312. The molecule has 2 aromatic rings. The predicted octanol–water partition coefficient (Wildman–Crippen LogP) is 4.44. The summed E-state index contributed by atoms with van der Waals surface area (Å²) in [4.78, 5) is 4.49. The first-order valence-corrected chi connectivity index (χ1v) is 6.27. The second-order valence-corrected chi connectivity index (χ2v) is 4.44. The van der Waals surface area contributed by atoms with E-state index in [-0.39, 0.29) is 0 Å². The minimum atomic E-state index is 1.11. The maximum absolute atomic E-state index is 4.49. The molecule has 0 saturated carbocycles. The molecule has 0 bridgehead atoms. The largest absolute Gasteiger partial charge is 0.261 e. The summed E-state index contributed by atoms with van der Waals surface area (Å²) in [5.41, 5.74) is 2.58. The number of hydrogen-bond donors (Lipinski definition) is 0. The topological polar surface area (TPSA) is 12.9 Å². The molecule has 1 aromatic heterocycles. The number of fused-ring (bicyclic) bond motifs is 1. The fourth-order valence-electron chi connectivity index (χ4n) is 2.23. The molecule has 1 heteroatoms. The summed E-state index contributed by atoms with van der Waals surface area (Å²) >= 11 is 0. The summed E-state index contributed by atoms with van der Waals surface area (Å²) in [5.74, 6) is 0. The monoisotopic (exact) mass is 225 g/mol. The molecule has 0 unspecified atom stereocenters. The van der Waals surface area contributed by atoms with Crippen LogP contribution in [0.3, 0.4) is 0 Å². The fourth-order valence-corrected chi connectivity index (χ4v) is 2.23. The zero-order chi connectivity index (χ0) is 12.1. The van der Waals surface area contributed by atoms with Crippen molar-refractivity contribution < 1.29 is 0 Å². The third-order valence-electron chi connectivity index (χ3n) is 3.20. The van der Waals surface area contributed by atoms with Crippen LogP contribution < -0.4 is 0 Å². The van der Waals surface area contributed by atoms with Crippen LogP contribution in [0.25, 0.3) is 10.8 Å². The minimum absolute atomic E-state index is 1.11. The average molecular weight is 225 g/mol. The van der Waals surface area contributed by atoms with E-state index in [1.807, 2.05) is 12.3 Å². The summed E-state index contributed by atoms with van der Waals surface area (Å²) in [6.45, 7) is 5.87. The summed E-state index contributed by atoms with van der Waals surface area (Å²) < 4.78 is 0. The van der Waals surface area contributed by atoms with E-state index < -0.39 is 0 Å². The van der Waals surface area contributed by atoms with E-state index in [0.29, 0.717) is 0 Å². The maximum atomic E-state index is 4.49. The van der Waals surface area contributed by atoms with E-state index in [9.17, 15) is 0 Å². The van der Waals surface area contributed by atoms with Crippen molar-refractivity contribution in [3.63, 3.8) is 0 Å². The van der Waals surface area contributed by atoms with E-state index in [1.54, 1.807) is 0 Å². The van der Waals surface area contributed by atoms with Gasteiger partial charge in [-0.15, -0.1) is 6.58 Å². The van der Waals surface area contributed by atoms with Crippen LogP contribution in [0.1, 0.15) is 30.5 Å². The van der Waals surface area contributed by atoms with Crippen molar-refractivity contribution in [2.24, 2.45) is 0 Å². The normalized spacial score (nSPS) is 10.6. The van der Waals surface area contributed by atoms with Gasteiger partial charge in [0.05, 0.1) is 0 Å². The van der Waals surface area contributed by atoms with Crippen molar-refractivity contribution in [2.75, 3.05) is 0 Å². The van der Waals surface area contributed by atoms with E-state index in [0.717, 1.165) is 12.8 Å². The van der Waals surface area contributed by atoms with Crippen LogP contribution in [-0.4, -0.2) is 4.98 Å². The molecule has 0 aliphatic rings. The highest BCUT2D eigenvalue weighted by Crippen LogP contribution is 2.22. The molecule has 1 aromatic carbocycles. The molecule has 88 valence electrons. The van der Waals surface area contributed by atoms with Gasteiger partial charge in [0.15, 0.2) is 0 Å². The SMILES string of the molecule is C=CCCCCc1c(C)ncc2ccccc12. The number of aryl methyl sites for hydroxylation is 2. The van der Waals surface area contributed by atoms with Crippen LogP contribution in [0, 0.1) is 6.92 Å². The molecule has 0 saturated heterocycles. The highest BCUT2D eigenvalue weighted by Gasteiger charge is 2.04. The van der Waals surface area contributed by atoms with Crippen molar-refractivity contribution in [3.8, 4) is 0 Å². The number of aromatic nitrogens is 1. The third kappa shape index (κ3) is 2.73. The third-order valence-corrected chi connectivity index (χ3v) is 3.20. The van der Waals surface area contributed by atoms with Gasteiger partial charge in [0.2, 0.25) is 0 Å². The summed E-state index contributed by atoms with van der Waals surface area (Å²) in [6.07, 6.45) is 8.62. The van der Waals surface area contributed by atoms with Crippen LogP contribution in [0.5, 0.6) is 0 Å². The number of pyridine rings is 1. The molecule has 2 rings (SSSR count). The lowest BCUT2D eigenvalue weighted by Crippen LogP contribution is -1.95. The molecule has 17 heavy (non-hydrogen) atoms. The molecule has 0 radical (unpaired) electrons. The molecular formula is C16H19N. The van der Waals surface area contributed by atoms with Crippen LogP contribution in [0.15, 0.2) is 43.1 Å². The van der Waals surface area contributed by atoms with E-state index >= 15 is 0 Å². The molecule has 0 atom stereocenters. The van der Waals surface area contributed by atoms with Gasteiger partial charge < -0.3 is 0 Å². The van der Waals surface area contributed by atoms with Gasteiger partial charge in [0.1, 0.15) is 0 Å². The molecule has 0 aliphatic carbocycles. The van der Waals surface area contributed by atoms with Crippen molar-refractivity contribution in [2.45, 2.75) is 32.6 Å². The molecule has 0 N–H and O–H groups in total. The van der Waals surface area contributed by atoms with Crippen LogP contribution in [0.4, 0.5) is 0 Å². The minimum Gasteiger partial charge on any atom is -0.261 e.